The molecule has 0 saturated heterocycles. The third-order valence-electron chi connectivity index (χ3n) is 2.47. The van der Waals surface area contributed by atoms with Crippen LogP contribution in [-0.4, -0.2) is 19.6 Å². The van der Waals surface area contributed by atoms with E-state index in [1.165, 1.54) is 11.5 Å². The molecule has 8 heteroatoms. The molecule has 0 saturated carbocycles. The first-order chi connectivity index (χ1) is 8.72. The lowest BCUT2D eigenvalue weighted by Gasteiger charge is -2.06. The summed E-state index contributed by atoms with van der Waals surface area (Å²) in [6.07, 6.45) is 0. The van der Waals surface area contributed by atoms with Crippen LogP contribution in [-0.2, 0) is 6.54 Å². The largest absolute Gasteiger partial charge is 0.378 e. The molecule has 0 aliphatic rings. The van der Waals surface area contributed by atoms with Crippen LogP contribution < -0.4 is 11.0 Å². The normalized spacial score (nSPS) is 10.9. The molecule has 0 bridgehead atoms. The van der Waals surface area contributed by atoms with E-state index in [-0.39, 0.29) is 5.69 Å². The van der Waals surface area contributed by atoms with Gasteiger partial charge in [0.15, 0.2) is 0 Å². The minimum absolute atomic E-state index is 0.210. The lowest BCUT2D eigenvalue weighted by Crippen LogP contribution is -2.00. The van der Waals surface area contributed by atoms with Crippen molar-refractivity contribution in [3.8, 4) is 0 Å². The number of nitrogens with zero attached hydrogens (tertiary/aromatic N) is 2. The van der Waals surface area contributed by atoms with Crippen LogP contribution in [0.15, 0.2) is 26.8 Å². The zero-order valence-electron chi connectivity index (χ0n) is 9.03. The molecule has 0 aliphatic heterocycles. The molecule has 92 valence electrons. The summed E-state index contributed by atoms with van der Waals surface area (Å²) in [7, 11) is 0. The maximum atomic E-state index is 11.2. The van der Waals surface area contributed by atoms with E-state index in [1.54, 1.807) is 0 Å². The molecule has 0 unspecified atom stereocenters. The number of rotatable bonds is 3. The van der Waals surface area contributed by atoms with Gasteiger partial charge in [0, 0.05) is 9.85 Å². The summed E-state index contributed by atoms with van der Waals surface area (Å²) in [6.45, 7) is 0.593. The fourth-order valence-corrected chi connectivity index (χ4v) is 2.57. The number of H-pyrrole nitrogens is 2. The van der Waals surface area contributed by atoms with Crippen LogP contribution >= 0.6 is 27.5 Å². The Hall–Kier alpha value is -1.67. The van der Waals surface area contributed by atoms with Crippen molar-refractivity contribution in [3.05, 3.63) is 38.2 Å². The minimum Gasteiger partial charge on any atom is -0.378 e. The van der Waals surface area contributed by atoms with Gasteiger partial charge in [-0.1, -0.05) is 4.49 Å². The van der Waals surface area contributed by atoms with E-state index >= 15 is 0 Å². The summed E-state index contributed by atoms with van der Waals surface area (Å²) < 4.78 is 4.68. The molecule has 0 aliphatic carbocycles. The minimum atomic E-state index is -0.210. The van der Waals surface area contributed by atoms with Crippen molar-refractivity contribution < 1.29 is 0 Å². The average Bonchev–Trinajstić information content (AvgIpc) is 2.94. The topological polar surface area (TPSA) is 86.5 Å². The monoisotopic (exact) mass is 325 g/mol. The highest BCUT2D eigenvalue weighted by molar-refractivity contribution is 9.10. The van der Waals surface area contributed by atoms with E-state index in [9.17, 15) is 4.79 Å². The molecule has 0 radical (unpaired) electrons. The van der Waals surface area contributed by atoms with Gasteiger partial charge in [-0.15, -0.1) is 5.10 Å². The fourth-order valence-electron chi connectivity index (χ4n) is 1.64. The number of halogens is 1. The molecule has 2 aromatic heterocycles. The highest BCUT2D eigenvalue weighted by atomic mass is 79.9. The highest BCUT2D eigenvalue weighted by Gasteiger charge is 2.06. The zero-order valence-corrected chi connectivity index (χ0v) is 11.4. The smallest absolute Gasteiger partial charge is 0.323 e. The first-order valence-electron chi connectivity index (χ1n) is 5.14. The quantitative estimate of drug-likeness (QED) is 0.688. The first kappa shape index (κ1) is 11.4. The van der Waals surface area contributed by atoms with Gasteiger partial charge in [0.1, 0.15) is 0 Å². The summed E-state index contributed by atoms with van der Waals surface area (Å²) in [5.41, 5.74) is 3.10. The van der Waals surface area contributed by atoms with Gasteiger partial charge >= 0.3 is 5.69 Å². The maximum Gasteiger partial charge on any atom is 0.323 e. The molecule has 6 nitrogen and oxygen atoms in total. The second-order valence-corrected chi connectivity index (χ2v) is 5.17. The molecule has 3 rings (SSSR count). The first-order valence-corrected chi connectivity index (χ1v) is 6.77. The number of hydrogen-bond acceptors (Lipinski definition) is 5. The number of nitrogens with one attached hydrogen (secondary N) is 3. The van der Waals surface area contributed by atoms with E-state index in [1.807, 2.05) is 17.5 Å². The Balaban J connectivity index is 1.91. The number of anilines is 1. The van der Waals surface area contributed by atoms with E-state index in [4.69, 9.17) is 0 Å². The van der Waals surface area contributed by atoms with Crippen molar-refractivity contribution in [2.24, 2.45) is 0 Å². The Morgan fingerprint density at radius 1 is 1.33 bits per heavy atom. The predicted molar refractivity (Wildman–Crippen MR) is 73.9 cm³/mol. The lowest BCUT2D eigenvalue weighted by atomic mass is 10.2. The van der Waals surface area contributed by atoms with Crippen molar-refractivity contribution in [2.45, 2.75) is 6.54 Å². The molecule has 18 heavy (non-hydrogen) atoms. The van der Waals surface area contributed by atoms with Crippen molar-refractivity contribution >= 4 is 44.2 Å². The van der Waals surface area contributed by atoms with Gasteiger partial charge in [-0.3, -0.25) is 0 Å². The van der Waals surface area contributed by atoms with Crippen LogP contribution in [0.2, 0.25) is 0 Å². The van der Waals surface area contributed by atoms with Gasteiger partial charge in [0.05, 0.1) is 29.0 Å². The van der Waals surface area contributed by atoms with Gasteiger partial charge in [-0.05, 0) is 39.6 Å². The van der Waals surface area contributed by atoms with Crippen LogP contribution in [0.3, 0.4) is 0 Å². The van der Waals surface area contributed by atoms with E-state index in [0.29, 0.717) is 6.54 Å². The van der Waals surface area contributed by atoms with Gasteiger partial charge < -0.3 is 15.3 Å². The summed E-state index contributed by atoms with van der Waals surface area (Å²) >= 11 is 4.78. The van der Waals surface area contributed by atoms with E-state index in [0.717, 1.165) is 26.9 Å². The third-order valence-corrected chi connectivity index (χ3v) is 3.68. The SMILES string of the molecule is O=c1[nH]c2cc(Br)c(NCc3csnn3)cc2[nH]1. The van der Waals surface area contributed by atoms with Crippen molar-refractivity contribution in [1.82, 2.24) is 19.6 Å². The van der Waals surface area contributed by atoms with Crippen LogP contribution in [0.25, 0.3) is 11.0 Å². The Morgan fingerprint density at radius 2 is 2.11 bits per heavy atom. The Morgan fingerprint density at radius 3 is 2.83 bits per heavy atom. The highest BCUT2D eigenvalue weighted by Crippen LogP contribution is 2.26. The third kappa shape index (κ3) is 2.16. The number of fused-ring (bicyclic) bond motifs is 1. The molecule has 0 spiro atoms. The molecule has 0 fully saturated rings. The maximum absolute atomic E-state index is 11.2. The molecule has 0 atom stereocenters. The molecule has 1 aromatic carbocycles. The molecular formula is C10H8BrN5OS. The van der Waals surface area contributed by atoms with Crippen molar-refractivity contribution in [1.29, 1.82) is 0 Å². The van der Waals surface area contributed by atoms with Gasteiger partial charge in [0.25, 0.3) is 0 Å². The van der Waals surface area contributed by atoms with Gasteiger partial charge in [-0.2, -0.15) is 0 Å². The second-order valence-electron chi connectivity index (χ2n) is 3.71. The summed E-state index contributed by atoms with van der Waals surface area (Å²) in [4.78, 5) is 16.6. The Bertz CT molecular complexity index is 732. The Kier molecular flexibility index (Phi) is 2.88. The zero-order chi connectivity index (χ0) is 12.5. The molecule has 3 N–H and O–H groups in total. The van der Waals surface area contributed by atoms with Crippen molar-refractivity contribution in [3.63, 3.8) is 0 Å². The van der Waals surface area contributed by atoms with Crippen LogP contribution in [0.5, 0.6) is 0 Å². The molecular weight excluding hydrogens is 318 g/mol. The number of hydrogen-bond donors (Lipinski definition) is 3. The average molecular weight is 326 g/mol. The van der Waals surface area contributed by atoms with E-state index < -0.39 is 0 Å². The molecule has 2 heterocycles. The standard InChI is InChI=1S/C10H8BrN5OS/c11-6-1-8-9(14-10(17)13-8)2-7(6)12-3-5-4-18-16-15-5/h1-2,4,12H,3H2,(H2,13,14,17). The molecule has 3 aromatic rings. The summed E-state index contributed by atoms with van der Waals surface area (Å²) in [6, 6.07) is 3.73. The summed E-state index contributed by atoms with van der Waals surface area (Å²) in [5.74, 6) is 0. The number of aromatic nitrogens is 4. The van der Waals surface area contributed by atoms with Gasteiger partial charge in [0.2, 0.25) is 0 Å². The fraction of sp³-hybridized carbons (Fsp3) is 0.100. The number of benzene rings is 1. The van der Waals surface area contributed by atoms with Crippen LogP contribution in [0.1, 0.15) is 5.69 Å². The van der Waals surface area contributed by atoms with Crippen molar-refractivity contribution in [2.75, 3.05) is 5.32 Å². The van der Waals surface area contributed by atoms with Crippen LogP contribution in [0.4, 0.5) is 5.69 Å². The number of aromatic amines is 2. The Labute approximate surface area is 114 Å². The van der Waals surface area contributed by atoms with E-state index in [2.05, 4.69) is 40.8 Å². The molecule has 0 amide bonds. The summed E-state index contributed by atoms with van der Waals surface area (Å²) in [5, 5.41) is 9.08. The second kappa shape index (κ2) is 4.54. The van der Waals surface area contributed by atoms with Crippen LogP contribution in [0, 0.1) is 0 Å². The predicted octanol–water partition coefficient (Wildman–Crippen LogP) is 2.08. The number of imidazole rings is 1. The van der Waals surface area contributed by atoms with Gasteiger partial charge in [-0.25, -0.2) is 4.79 Å². The lowest BCUT2D eigenvalue weighted by molar-refractivity contribution is 0.998.